The molecule has 5 nitrogen and oxygen atoms in total. The van der Waals surface area contributed by atoms with Gasteiger partial charge in [-0.2, -0.15) is 0 Å². The van der Waals surface area contributed by atoms with E-state index in [9.17, 15) is 9.00 Å². The molecule has 3 atom stereocenters. The lowest BCUT2D eigenvalue weighted by atomic mass is 10.1. The van der Waals surface area contributed by atoms with Crippen molar-refractivity contribution in [3.63, 3.8) is 0 Å². The van der Waals surface area contributed by atoms with E-state index in [0.29, 0.717) is 6.42 Å². The third-order valence-corrected chi connectivity index (χ3v) is 4.40. The molecule has 0 saturated heterocycles. The number of nitrogens with zero attached hydrogens (tertiary/aromatic N) is 1. The van der Waals surface area contributed by atoms with Crippen LogP contribution < -0.4 is 5.14 Å². The van der Waals surface area contributed by atoms with Crippen LogP contribution in [0.3, 0.4) is 0 Å². The first-order valence-electron chi connectivity index (χ1n) is 6.89. The summed E-state index contributed by atoms with van der Waals surface area (Å²) in [5.74, 6) is -0.102. The third-order valence-electron chi connectivity index (χ3n) is 3.03. The van der Waals surface area contributed by atoms with Crippen molar-refractivity contribution < 1.29 is 13.7 Å². The number of nitrogens with two attached hydrogens (primary N) is 1. The van der Waals surface area contributed by atoms with Crippen molar-refractivity contribution in [1.82, 2.24) is 0 Å². The molecular formula is C16H22N2O3S. The van der Waals surface area contributed by atoms with Crippen LogP contribution in [0.15, 0.2) is 60.0 Å². The van der Waals surface area contributed by atoms with Gasteiger partial charge in [0.15, 0.2) is 0 Å². The Labute approximate surface area is 132 Å². The molecule has 0 aromatic heterocycles. The lowest BCUT2D eigenvalue weighted by Gasteiger charge is -2.13. The standard InChI is InChI=1S/C16H22N2O3S/c1-4-9-14(5-2)12-22(17,20)18-16(19)21-13(3)15-10-7-6-8-11-15/h4-8,10-11,13-14H,1-2,9,12H2,3H3,(H2,17,18,19,20)/t13-,14-,22?/m0/s1. The summed E-state index contributed by atoms with van der Waals surface area (Å²) in [6, 6.07) is 9.20. The molecule has 1 aromatic carbocycles. The highest BCUT2D eigenvalue weighted by Crippen LogP contribution is 2.17. The number of rotatable bonds is 7. The summed E-state index contributed by atoms with van der Waals surface area (Å²) in [6.07, 6.45) is 2.46. The Hall–Kier alpha value is -1.92. The molecule has 0 aliphatic carbocycles. The first kappa shape index (κ1) is 18.1. The van der Waals surface area contributed by atoms with Gasteiger partial charge >= 0.3 is 6.09 Å². The van der Waals surface area contributed by atoms with Gasteiger partial charge in [0, 0.05) is 0 Å². The predicted molar refractivity (Wildman–Crippen MR) is 89.5 cm³/mol. The van der Waals surface area contributed by atoms with Gasteiger partial charge < -0.3 is 4.74 Å². The Balaban J connectivity index is 2.74. The van der Waals surface area contributed by atoms with Gasteiger partial charge in [0.25, 0.3) is 0 Å². The van der Waals surface area contributed by atoms with Crippen molar-refractivity contribution in [2.45, 2.75) is 19.4 Å². The van der Waals surface area contributed by atoms with Crippen LogP contribution >= 0.6 is 0 Å². The zero-order chi connectivity index (χ0) is 16.6. The number of carbonyl (C=O) groups is 1. The van der Waals surface area contributed by atoms with Crippen LogP contribution in [-0.4, -0.2) is 16.1 Å². The van der Waals surface area contributed by atoms with Crippen molar-refractivity contribution in [2.24, 2.45) is 15.4 Å². The minimum atomic E-state index is -3.16. The predicted octanol–water partition coefficient (Wildman–Crippen LogP) is 3.60. The molecule has 6 heteroatoms. The maximum atomic E-state index is 12.2. The van der Waals surface area contributed by atoms with Crippen molar-refractivity contribution >= 4 is 16.0 Å². The van der Waals surface area contributed by atoms with Gasteiger partial charge in [0.05, 0.1) is 5.75 Å². The van der Waals surface area contributed by atoms with E-state index < -0.39 is 22.1 Å². The highest BCUT2D eigenvalue weighted by atomic mass is 32.2. The lowest BCUT2D eigenvalue weighted by Crippen LogP contribution is -2.23. The third kappa shape index (κ3) is 6.24. The smallest absolute Gasteiger partial charge is 0.440 e. The molecule has 2 N–H and O–H groups in total. The summed E-state index contributed by atoms with van der Waals surface area (Å²) in [7, 11) is -3.16. The largest absolute Gasteiger partial charge is 0.443 e. The molecule has 1 unspecified atom stereocenters. The van der Waals surface area contributed by atoms with Gasteiger partial charge in [-0.05, 0) is 24.8 Å². The van der Waals surface area contributed by atoms with Crippen molar-refractivity contribution in [3.8, 4) is 0 Å². The molecule has 0 heterocycles. The van der Waals surface area contributed by atoms with Gasteiger partial charge in [-0.3, -0.25) is 0 Å². The zero-order valence-electron chi connectivity index (χ0n) is 12.7. The van der Waals surface area contributed by atoms with Crippen LogP contribution in [0.4, 0.5) is 4.79 Å². The van der Waals surface area contributed by atoms with Gasteiger partial charge in [0.2, 0.25) is 0 Å². The molecule has 0 fully saturated rings. The zero-order valence-corrected chi connectivity index (χ0v) is 13.5. The fourth-order valence-corrected chi connectivity index (χ4v) is 3.14. The Bertz CT molecular complexity index is 634. The number of allylic oxidation sites excluding steroid dienone is 2. The quantitative estimate of drug-likeness (QED) is 0.779. The molecule has 1 amide bonds. The van der Waals surface area contributed by atoms with E-state index in [1.54, 1.807) is 19.1 Å². The van der Waals surface area contributed by atoms with E-state index in [1.807, 2.05) is 30.3 Å². The lowest BCUT2D eigenvalue weighted by molar-refractivity contribution is 0.117. The molecular weight excluding hydrogens is 300 g/mol. The van der Waals surface area contributed by atoms with E-state index in [4.69, 9.17) is 9.88 Å². The number of hydrogen-bond donors (Lipinski definition) is 1. The number of benzene rings is 1. The maximum absolute atomic E-state index is 12.2. The van der Waals surface area contributed by atoms with Gasteiger partial charge in [0.1, 0.15) is 16.0 Å². The molecule has 0 saturated carbocycles. The van der Waals surface area contributed by atoms with Gasteiger partial charge in [-0.25, -0.2) is 14.1 Å². The fourth-order valence-electron chi connectivity index (χ4n) is 1.88. The molecule has 0 bridgehead atoms. The Morgan fingerprint density at radius 3 is 2.59 bits per heavy atom. The summed E-state index contributed by atoms with van der Waals surface area (Å²) in [5, 5.41) is 5.62. The van der Waals surface area contributed by atoms with E-state index in [2.05, 4.69) is 17.5 Å². The topological polar surface area (TPSA) is 81.8 Å². The maximum Gasteiger partial charge on any atom is 0.443 e. The van der Waals surface area contributed by atoms with Crippen LogP contribution in [0.2, 0.25) is 0 Å². The van der Waals surface area contributed by atoms with Crippen LogP contribution in [0.5, 0.6) is 0 Å². The second-order valence-electron chi connectivity index (χ2n) is 4.90. The molecule has 0 aliphatic heterocycles. The molecule has 0 aliphatic rings. The Morgan fingerprint density at radius 1 is 1.41 bits per heavy atom. The fraction of sp³-hybridized carbons (Fsp3) is 0.312. The van der Waals surface area contributed by atoms with E-state index in [0.717, 1.165) is 5.56 Å². The monoisotopic (exact) mass is 322 g/mol. The summed E-state index contributed by atoms with van der Waals surface area (Å²) in [6.45, 7) is 8.97. The first-order valence-corrected chi connectivity index (χ1v) is 8.64. The highest BCUT2D eigenvalue weighted by molar-refractivity contribution is 7.91. The van der Waals surface area contributed by atoms with Gasteiger partial charge in [-0.1, -0.05) is 42.5 Å². The molecule has 0 spiro atoms. The second kappa shape index (κ2) is 8.51. The average molecular weight is 322 g/mol. The Kier molecular flexibility index (Phi) is 7.01. The molecule has 1 aromatic rings. The molecule has 22 heavy (non-hydrogen) atoms. The summed E-state index contributed by atoms with van der Waals surface area (Å²) >= 11 is 0. The van der Waals surface area contributed by atoms with Crippen molar-refractivity contribution in [3.05, 3.63) is 61.2 Å². The summed E-state index contributed by atoms with van der Waals surface area (Å²) in [5.41, 5.74) is 0.824. The van der Waals surface area contributed by atoms with Crippen LogP contribution in [0.25, 0.3) is 0 Å². The average Bonchev–Trinajstić information content (AvgIpc) is 2.46. The summed E-state index contributed by atoms with van der Waals surface area (Å²) in [4.78, 5) is 11.8. The second-order valence-corrected chi connectivity index (χ2v) is 6.80. The van der Waals surface area contributed by atoms with Crippen molar-refractivity contribution in [1.29, 1.82) is 0 Å². The summed E-state index contributed by atoms with van der Waals surface area (Å²) < 4.78 is 20.8. The number of ether oxygens (including phenoxy) is 1. The molecule has 0 radical (unpaired) electrons. The van der Waals surface area contributed by atoms with Crippen LogP contribution in [-0.2, 0) is 14.7 Å². The van der Waals surface area contributed by atoms with Crippen LogP contribution in [0, 0.1) is 5.92 Å². The van der Waals surface area contributed by atoms with Gasteiger partial charge in [-0.15, -0.1) is 17.5 Å². The highest BCUT2D eigenvalue weighted by Gasteiger charge is 2.16. The number of amides is 1. The van der Waals surface area contributed by atoms with E-state index in [1.165, 1.54) is 0 Å². The number of carbonyl (C=O) groups excluding carboxylic acids is 1. The van der Waals surface area contributed by atoms with Crippen molar-refractivity contribution in [2.75, 3.05) is 5.75 Å². The SMILES string of the molecule is C=CC[C@H](C=C)CS(N)(=O)=NC(=O)O[C@@H](C)c1ccccc1. The minimum absolute atomic E-state index is 0.0390. The van der Waals surface area contributed by atoms with Crippen LogP contribution in [0.1, 0.15) is 25.0 Å². The first-order chi connectivity index (χ1) is 10.4. The van der Waals surface area contributed by atoms with E-state index in [-0.39, 0.29) is 11.7 Å². The minimum Gasteiger partial charge on any atom is -0.440 e. The normalized spacial score (nSPS) is 15.9. The molecule has 120 valence electrons. The molecule has 1 rings (SSSR count). The van der Waals surface area contributed by atoms with E-state index >= 15 is 0 Å². The number of hydrogen-bond acceptors (Lipinski definition) is 3. The Morgan fingerprint density at radius 2 is 2.05 bits per heavy atom.